The summed E-state index contributed by atoms with van der Waals surface area (Å²) in [5, 5.41) is 0. The Labute approximate surface area is 78.0 Å². The number of aromatic nitrogens is 1. The Morgan fingerprint density at radius 3 is 2.69 bits per heavy atom. The molecule has 0 bridgehead atoms. The van der Waals surface area contributed by atoms with Gasteiger partial charge in [-0.05, 0) is 19.1 Å². The lowest BCUT2D eigenvalue weighted by Crippen LogP contribution is -2.16. The van der Waals surface area contributed by atoms with Crippen molar-refractivity contribution in [2.45, 2.75) is 6.92 Å². The Morgan fingerprint density at radius 2 is 2.31 bits per heavy atom. The van der Waals surface area contributed by atoms with E-state index in [4.69, 9.17) is 9.05 Å². The summed E-state index contributed by atoms with van der Waals surface area (Å²) >= 11 is 0. The standard InChI is InChI=1S/C8H14NO3P/c1-4-12-13(10,11-3)8-6-5-7-9(8)2/h5-7H,4H2,1-3H3. The van der Waals surface area contributed by atoms with E-state index in [0.29, 0.717) is 12.0 Å². The summed E-state index contributed by atoms with van der Waals surface area (Å²) in [6.07, 6.45) is 1.81. The second-order valence-electron chi connectivity index (χ2n) is 2.58. The molecule has 0 aliphatic carbocycles. The van der Waals surface area contributed by atoms with Crippen molar-refractivity contribution in [3.05, 3.63) is 18.3 Å². The Kier molecular flexibility index (Phi) is 3.31. The van der Waals surface area contributed by atoms with Gasteiger partial charge in [0.25, 0.3) is 0 Å². The van der Waals surface area contributed by atoms with Crippen LogP contribution < -0.4 is 5.44 Å². The van der Waals surface area contributed by atoms with Gasteiger partial charge in [0.05, 0.1) is 6.61 Å². The summed E-state index contributed by atoms with van der Waals surface area (Å²) in [5.41, 5.74) is 0.580. The smallest absolute Gasteiger partial charge is 0.344 e. The van der Waals surface area contributed by atoms with Crippen molar-refractivity contribution < 1.29 is 13.6 Å². The Balaban J connectivity index is 3.03. The highest BCUT2D eigenvalue weighted by molar-refractivity contribution is 7.61. The topological polar surface area (TPSA) is 40.5 Å². The lowest BCUT2D eigenvalue weighted by molar-refractivity contribution is 0.253. The van der Waals surface area contributed by atoms with E-state index in [9.17, 15) is 4.57 Å². The third-order valence-electron chi connectivity index (χ3n) is 1.74. The largest absolute Gasteiger partial charge is 0.377 e. The van der Waals surface area contributed by atoms with Crippen molar-refractivity contribution in [1.82, 2.24) is 4.57 Å². The normalized spacial score (nSPS) is 15.6. The fraction of sp³-hybridized carbons (Fsp3) is 0.500. The maximum atomic E-state index is 12.0. The number of aryl methyl sites for hydroxylation is 1. The first kappa shape index (κ1) is 10.5. The van der Waals surface area contributed by atoms with Gasteiger partial charge in [0, 0.05) is 20.4 Å². The van der Waals surface area contributed by atoms with Crippen LogP contribution in [0.5, 0.6) is 0 Å². The Hall–Kier alpha value is -0.570. The second kappa shape index (κ2) is 4.09. The summed E-state index contributed by atoms with van der Waals surface area (Å²) in [7, 11) is 0.118. The van der Waals surface area contributed by atoms with Crippen LogP contribution in [0.25, 0.3) is 0 Å². The minimum absolute atomic E-state index is 0.371. The molecule has 0 radical (unpaired) electrons. The molecule has 0 saturated heterocycles. The molecule has 0 spiro atoms. The van der Waals surface area contributed by atoms with Gasteiger partial charge in [0.1, 0.15) is 5.44 Å². The van der Waals surface area contributed by atoms with E-state index in [-0.39, 0.29) is 0 Å². The zero-order valence-electron chi connectivity index (χ0n) is 8.06. The average molecular weight is 203 g/mol. The van der Waals surface area contributed by atoms with Crippen molar-refractivity contribution in [2.24, 2.45) is 7.05 Å². The van der Waals surface area contributed by atoms with E-state index >= 15 is 0 Å². The van der Waals surface area contributed by atoms with Gasteiger partial charge in [0.2, 0.25) is 0 Å². The van der Waals surface area contributed by atoms with Crippen LogP contribution in [-0.4, -0.2) is 18.3 Å². The molecule has 0 saturated carbocycles. The molecule has 0 fully saturated rings. The predicted octanol–water partition coefficient (Wildman–Crippen LogP) is 1.53. The summed E-state index contributed by atoms with van der Waals surface area (Å²) in [6, 6.07) is 3.54. The van der Waals surface area contributed by atoms with Crippen LogP contribution in [0.4, 0.5) is 0 Å². The van der Waals surface area contributed by atoms with E-state index in [2.05, 4.69) is 0 Å². The molecule has 0 N–H and O–H groups in total. The molecule has 0 aliphatic heterocycles. The zero-order valence-corrected chi connectivity index (χ0v) is 8.95. The van der Waals surface area contributed by atoms with Gasteiger partial charge in [0.15, 0.2) is 0 Å². The Bertz CT molecular complexity index is 321. The van der Waals surface area contributed by atoms with Gasteiger partial charge in [-0.25, -0.2) is 0 Å². The van der Waals surface area contributed by atoms with Crippen LogP contribution in [-0.2, 0) is 20.7 Å². The predicted molar refractivity (Wildman–Crippen MR) is 51.3 cm³/mol. The maximum absolute atomic E-state index is 12.0. The highest BCUT2D eigenvalue weighted by Gasteiger charge is 2.27. The fourth-order valence-electron chi connectivity index (χ4n) is 1.12. The molecule has 0 aliphatic rings. The summed E-state index contributed by atoms with van der Waals surface area (Å²) in [5.74, 6) is 0. The first-order valence-corrected chi connectivity index (χ1v) is 5.60. The molecule has 1 unspecified atom stereocenters. The van der Waals surface area contributed by atoms with Crippen LogP contribution in [0.15, 0.2) is 18.3 Å². The quantitative estimate of drug-likeness (QED) is 0.696. The van der Waals surface area contributed by atoms with Gasteiger partial charge in [-0.1, -0.05) is 0 Å². The van der Waals surface area contributed by atoms with E-state index in [1.54, 1.807) is 36.9 Å². The van der Waals surface area contributed by atoms with Gasteiger partial charge in [-0.2, -0.15) is 0 Å². The molecule has 0 aromatic carbocycles. The molecule has 0 amide bonds. The van der Waals surface area contributed by atoms with E-state index in [1.807, 2.05) is 0 Å². The zero-order chi connectivity index (χ0) is 9.90. The van der Waals surface area contributed by atoms with Gasteiger partial charge >= 0.3 is 7.60 Å². The van der Waals surface area contributed by atoms with Crippen LogP contribution in [0, 0.1) is 0 Å². The van der Waals surface area contributed by atoms with Crippen LogP contribution >= 0.6 is 7.60 Å². The minimum Gasteiger partial charge on any atom is -0.344 e. The fourth-order valence-corrected chi connectivity index (χ4v) is 2.61. The highest BCUT2D eigenvalue weighted by atomic mass is 31.2. The van der Waals surface area contributed by atoms with Crippen molar-refractivity contribution in [1.29, 1.82) is 0 Å². The molecule has 1 aromatic heterocycles. The van der Waals surface area contributed by atoms with Crippen LogP contribution in [0.3, 0.4) is 0 Å². The first-order chi connectivity index (χ1) is 6.14. The molecule has 1 rings (SSSR count). The summed E-state index contributed by atoms with van der Waals surface area (Å²) < 4.78 is 23.8. The van der Waals surface area contributed by atoms with Crippen LogP contribution in [0.2, 0.25) is 0 Å². The first-order valence-electron chi connectivity index (χ1n) is 4.06. The molecule has 74 valence electrons. The van der Waals surface area contributed by atoms with Gasteiger partial charge < -0.3 is 13.6 Å². The molecule has 1 heterocycles. The molecular weight excluding hydrogens is 189 g/mol. The van der Waals surface area contributed by atoms with Crippen molar-refractivity contribution in [3.8, 4) is 0 Å². The molecule has 13 heavy (non-hydrogen) atoms. The second-order valence-corrected chi connectivity index (χ2v) is 4.65. The van der Waals surface area contributed by atoms with E-state index in [1.165, 1.54) is 7.11 Å². The number of nitrogens with zero attached hydrogens (tertiary/aromatic N) is 1. The molecule has 1 atom stereocenters. The third-order valence-corrected chi connectivity index (χ3v) is 3.84. The van der Waals surface area contributed by atoms with E-state index in [0.717, 1.165) is 0 Å². The third kappa shape index (κ3) is 2.02. The average Bonchev–Trinajstić information content (AvgIpc) is 2.52. The molecule has 5 heteroatoms. The van der Waals surface area contributed by atoms with Gasteiger partial charge in [-0.3, -0.25) is 4.57 Å². The number of rotatable bonds is 4. The SMILES string of the molecule is CCOP(=O)(OC)c1cccn1C. The summed E-state index contributed by atoms with van der Waals surface area (Å²) in [6.45, 7) is 2.16. The molecule has 1 aromatic rings. The lowest BCUT2D eigenvalue weighted by Gasteiger charge is -2.15. The maximum Gasteiger partial charge on any atom is 0.377 e. The highest BCUT2D eigenvalue weighted by Crippen LogP contribution is 2.45. The lowest BCUT2D eigenvalue weighted by atomic mass is 10.7. The molecule has 4 nitrogen and oxygen atoms in total. The summed E-state index contributed by atoms with van der Waals surface area (Å²) in [4.78, 5) is 0. The number of hydrogen-bond acceptors (Lipinski definition) is 3. The monoisotopic (exact) mass is 203 g/mol. The van der Waals surface area contributed by atoms with Crippen molar-refractivity contribution in [3.63, 3.8) is 0 Å². The van der Waals surface area contributed by atoms with Crippen molar-refractivity contribution in [2.75, 3.05) is 13.7 Å². The molecular formula is C8H14NO3P. The van der Waals surface area contributed by atoms with Crippen LogP contribution in [0.1, 0.15) is 6.92 Å². The van der Waals surface area contributed by atoms with Crippen molar-refractivity contribution >= 4 is 13.0 Å². The minimum atomic E-state index is -3.08. The van der Waals surface area contributed by atoms with E-state index < -0.39 is 7.60 Å². The van der Waals surface area contributed by atoms with Gasteiger partial charge in [-0.15, -0.1) is 0 Å². The number of hydrogen-bond donors (Lipinski definition) is 0. The Morgan fingerprint density at radius 1 is 1.62 bits per heavy atom.